The molecule has 0 amide bonds. The van der Waals surface area contributed by atoms with Gasteiger partial charge < -0.3 is 15.0 Å². The van der Waals surface area contributed by atoms with Crippen molar-refractivity contribution >= 4 is 11.0 Å². The Balaban J connectivity index is 2.36. The first-order valence-corrected chi connectivity index (χ1v) is 6.75. The number of aryl methyl sites for hydroxylation is 1. The largest absolute Gasteiger partial charge is 0.394 e. The number of nitrogens with one attached hydrogen (secondary N) is 1. The SMILES string of the molecule is Cc1nc2ccccc2n1CC(C)(CO)NC(C)C. The van der Waals surface area contributed by atoms with E-state index in [9.17, 15) is 5.11 Å². The van der Waals surface area contributed by atoms with Crippen LogP contribution in [0, 0.1) is 6.92 Å². The molecule has 1 aromatic carbocycles. The second-order valence-electron chi connectivity index (χ2n) is 5.75. The average Bonchev–Trinajstić information content (AvgIpc) is 2.65. The van der Waals surface area contributed by atoms with Gasteiger partial charge in [-0.05, 0) is 26.0 Å². The van der Waals surface area contributed by atoms with Crippen LogP contribution in [0.3, 0.4) is 0 Å². The van der Waals surface area contributed by atoms with Crippen molar-refractivity contribution in [2.75, 3.05) is 6.61 Å². The summed E-state index contributed by atoms with van der Waals surface area (Å²) in [6, 6.07) is 8.43. The van der Waals surface area contributed by atoms with Gasteiger partial charge in [0, 0.05) is 12.6 Å². The summed E-state index contributed by atoms with van der Waals surface area (Å²) in [7, 11) is 0. The topological polar surface area (TPSA) is 50.1 Å². The fraction of sp³-hybridized carbons (Fsp3) is 0.533. The summed E-state index contributed by atoms with van der Waals surface area (Å²) in [6.07, 6.45) is 0. The van der Waals surface area contributed by atoms with E-state index in [-0.39, 0.29) is 12.1 Å². The summed E-state index contributed by atoms with van der Waals surface area (Å²) in [6.45, 7) is 9.03. The van der Waals surface area contributed by atoms with Gasteiger partial charge in [-0.2, -0.15) is 0 Å². The van der Waals surface area contributed by atoms with Gasteiger partial charge in [0.15, 0.2) is 0 Å². The molecule has 0 aliphatic rings. The van der Waals surface area contributed by atoms with Gasteiger partial charge in [0.05, 0.1) is 23.2 Å². The summed E-state index contributed by atoms with van der Waals surface area (Å²) >= 11 is 0. The Hall–Kier alpha value is -1.39. The molecule has 1 unspecified atom stereocenters. The molecular weight excluding hydrogens is 238 g/mol. The van der Waals surface area contributed by atoms with Crippen LogP contribution in [0.25, 0.3) is 11.0 Å². The van der Waals surface area contributed by atoms with Gasteiger partial charge in [-0.3, -0.25) is 0 Å². The molecule has 2 N–H and O–H groups in total. The van der Waals surface area contributed by atoms with Gasteiger partial charge in [0.25, 0.3) is 0 Å². The predicted octanol–water partition coefficient (Wildman–Crippen LogP) is 2.09. The van der Waals surface area contributed by atoms with Crippen LogP contribution >= 0.6 is 0 Å². The minimum absolute atomic E-state index is 0.0944. The third kappa shape index (κ3) is 2.96. The quantitative estimate of drug-likeness (QED) is 0.866. The van der Waals surface area contributed by atoms with Gasteiger partial charge in [-0.15, -0.1) is 0 Å². The lowest BCUT2D eigenvalue weighted by Gasteiger charge is -2.32. The number of nitrogens with zero attached hydrogens (tertiary/aromatic N) is 2. The molecule has 1 aromatic heterocycles. The summed E-state index contributed by atoms with van der Waals surface area (Å²) in [5, 5.41) is 13.1. The minimum Gasteiger partial charge on any atom is -0.394 e. The summed E-state index contributed by atoms with van der Waals surface area (Å²) in [5.74, 6) is 0.978. The first-order valence-electron chi connectivity index (χ1n) is 6.75. The highest BCUT2D eigenvalue weighted by Crippen LogP contribution is 2.19. The molecule has 104 valence electrons. The van der Waals surface area contributed by atoms with E-state index in [2.05, 4.69) is 34.8 Å². The Morgan fingerprint density at radius 1 is 1.37 bits per heavy atom. The molecular formula is C15H23N3O. The van der Waals surface area contributed by atoms with Crippen LogP contribution in [0.4, 0.5) is 0 Å². The molecule has 0 aliphatic heterocycles. The first-order chi connectivity index (χ1) is 8.95. The molecule has 19 heavy (non-hydrogen) atoms. The first kappa shape index (κ1) is 14.0. The highest BCUT2D eigenvalue weighted by atomic mass is 16.3. The molecule has 0 spiro atoms. The Labute approximate surface area is 114 Å². The molecule has 0 aliphatic carbocycles. The third-order valence-corrected chi connectivity index (χ3v) is 3.34. The van der Waals surface area contributed by atoms with Crippen LogP contribution in [-0.4, -0.2) is 32.8 Å². The zero-order valence-electron chi connectivity index (χ0n) is 12.1. The minimum atomic E-state index is -0.345. The average molecular weight is 261 g/mol. The molecule has 2 rings (SSSR count). The number of fused-ring (bicyclic) bond motifs is 1. The van der Waals surface area contributed by atoms with Crippen molar-refractivity contribution in [2.24, 2.45) is 0 Å². The number of para-hydroxylation sites is 2. The van der Waals surface area contributed by atoms with Crippen LogP contribution in [0.5, 0.6) is 0 Å². The number of hydrogen-bond donors (Lipinski definition) is 2. The Morgan fingerprint density at radius 2 is 2.05 bits per heavy atom. The van der Waals surface area contributed by atoms with Crippen LogP contribution in [-0.2, 0) is 6.54 Å². The number of aliphatic hydroxyl groups excluding tert-OH is 1. The van der Waals surface area contributed by atoms with E-state index in [4.69, 9.17) is 0 Å². The van der Waals surface area contributed by atoms with Gasteiger partial charge in [0.1, 0.15) is 5.82 Å². The van der Waals surface area contributed by atoms with Gasteiger partial charge >= 0.3 is 0 Å². The van der Waals surface area contributed by atoms with Gasteiger partial charge in [-0.1, -0.05) is 26.0 Å². The van der Waals surface area contributed by atoms with Crippen molar-refractivity contribution in [3.63, 3.8) is 0 Å². The fourth-order valence-corrected chi connectivity index (χ4v) is 2.58. The lowest BCUT2D eigenvalue weighted by atomic mass is 10.0. The standard InChI is InChI=1S/C15H23N3O/c1-11(2)17-15(4,10-19)9-18-12(3)16-13-7-5-6-8-14(13)18/h5-8,11,17,19H,9-10H2,1-4H3. The molecule has 0 radical (unpaired) electrons. The van der Waals surface area contributed by atoms with Crippen molar-refractivity contribution in [3.8, 4) is 0 Å². The monoisotopic (exact) mass is 261 g/mol. The maximum Gasteiger partial charge on any atom is 0.106 e. The summed E-state index contributed by atoms with van der Waals surface area (Å²) in [4.78, 5) is 4.56. The van der Waals surface area contributed by atoms with Crippen molar-refractivity contribution in [3.05, 3.63) is 30.1 Å². The van der Waals surface area contributed by atoms with E-state index in [1.54, 1.807) is 0 Å². The highest BCUT2D eigenvalue weighted by Gasteiger charge is 2.26. The fourth-order valence-electron chi connectivity index (χ4n) is 2.58. The van der Waals surface area contributed by atoms with E-state index in [0.29, 0.717) is 12.6 Å². The van der Waals surface area contributed by atoms with Crippen LogP contribution in [0.1, 0.15) is 26.6 Å². The zero-order chi connectivity index (χ0) is 14.0. The molecule has 4 heteroatoms. The molecule has 0 saturated carbocycles. The van der Waals surface area contributed by atoms with E-state index < -0.39 is 0 Å². The van der Waals surface area contributed by atoms with Crippen molar-refractivity contribution in [1.29, 1.82) is 0 Å². The molecule has 4 nitrogen and oxygen atoms in total. The molecule has 0 fully saturated rings. The lowest BCUT2D eigenvalue weighted by Crippen LogP contribution is -2.52. The van der Waals surface area contributed by atoms with Crippen LogP contribution in [0.2, 0.25) is 0 Å². The predicted molar refractivity (Wildman–Crippen MR) is 78.2 cm³/mol. The molecule has 1 heterocycles. The summed E-state index contributed by atoms with van der Waals surface area (Å²) < 4.78 is 2.17. The number of aromatic nitrogens is 2. The normalized spacial score (nSPS) is 15.1. The second kappa shape index (κ2) is 5.31. The Bertz CT molecular complexity index is 562. The number of aliphatic hydroxyl groups is 1. The van der Waals surface area contributed by atoms with Crippen molar-refractivity contribution < 1.29 is 5.11 Å². The zero-order valence-corrected chi connectivity index (χ0v) is 12.1. The Morgan fingerprint density at radius 3 is 2.68 bits per heavy atom. The van der Waals surface area contributed by atoms with Crippen LogP contribution < -0.4 is 5.32 Å². The third-order valence-electron chi connectivity index (χ3n) is 3.34. The number of imidazole rings is 1. The molecule has 0 bridgehead atoms. The number of benzene rings is 1. The molecule has 2 aromatic rings. The lowest BCUT2D eigenvalue weighted by molar-refractivity contribution is 0.149. The Kier molecular flexibility index (Phi) is 3.92. The van der Waals surface area contributed by atoms with Crippen molar-refractivity contribution in [1.82, 2.24) is 14.9 Å². The van der Waals surface area contributed by atoms with E-state index >= 15 is 0 Å². The maximum atomic E-state index is 9.70. The number of hydrogen-bond acceptors (Lipinski definition) is 3. The second-order valence-corrected chi connectivity index (χ2v) is 5.75. The van der Waals surface area contributed by atoms with Crippen LogP contribution in [0.15, 0.2) is 24.3 Å². The maximum absolute atomic E-state index is 9.70. The van der Waals surface area contributed by atoms with Gasteiger partial charge in [-0.25, -0.2) is 4.98 Å². The van der Waals surface area contributed by atoms with Gasteiger partial charge in [0.2, 0.25) is 0 Å². The summed E-state index contributed by atoms with van der Waals surface area (Å²) in [5.41, 5.74) is 1.78. The van der Waals surface area contributed by atoms with Crippen molar-refractivity contribution in [2.45, 2.75) is 45.8 Å². The number of rotatable bonds is 5. The molecule has 1 atom stereocenters. The smallest absolute Gasteiger partial charge is 0.106 e. The van der Waals surface area contributed by atoms with E-state index in [1.807, 2.05) is 32.0 Å². The molecule has 0 saturated heterocycles. The highest BCUT2D eigenvalue weighted by molar-refractivity contribution is 5.75. The van der Waals surface area contributed by atoms with E-state index in [0.717, 1.165) is 16.9 Å². The van der Waals surface area contributed by atoms with E-state index in [1.165, 1.54) is 0 Å².